The van der Waals surface area contributed by atoms with Crippen LogP contribution in [-0.2, 0) is 11.3 Å². The van der Waals surface area contributed by atoms with Crippen LogP contribution in [0.2, 0.25) is 0 Å². The van der Waals surface area contributed by atoms with Crippen molar-refractivity contribution in [3.63, 3.8) is 0 Å². The van der Waals surface area contributed by atoms with Crippen molar-refractivity contribution < 1.29 is 9.47 Å². The van der Waals surface area contributed by atoms with Gasteiger partial charge < -0.3 is 14.8 Å². The minimum atomic E-state index is 0.0882. The monoisotopic (exact) mass is 329 g/mol. The van der Waals surface area contributed by atoms with Gasteiger partial charge in [0.15, 0.2) is 0 Å². The van der Waals surface area contributed by atoms with Crippen molar-refractivity contribution in [3.8, 4) is 5.75 Å². The van der Waals surface area contributed by atoms with Crippen molar-refractivity contribution in [2.45, 2.75) is 39.8 Å². The van der Waals surface area contributed by atoms with Crippen LogP contribution in [0.25, 0.3) is 0 Å². The molecule has 4 heteroatoms. The van der Waals surface area contributed by atoms with E-state index in [4.69, 9.17) is 9.47 Å². The molecule has 108 valence electrons. The molecule has 0 aliphatic heterocycles. The summed E-state index contributed by atoms with van der Waals surface area (Å²) in [6.45, 7) is 11.2. The minimum absolute atomic E-state index is 0.0882. The van der Waals surface area contributed by atoms with Crippen molar-refractivity contribution >= 4 is 15.9 Å². The molecule has 0 unspecified atom stereocenters. The number of rotatable bonds is 7. The van der Waals surface area contributed by atoms with Crippen LogP contribution in [-0.4, -0.2) is 25.4 Å². The first kappa shape index (κ1) is 16.5. The van der Waals surface area contributed by atoms with Gasteiger partial charge >= 0.3 is 0 Å². The third-order valence-electron chi connectivity index (χ3n) is 2.52. The molecule has 0 atom stereocenters. The molecule has 0 saturated carbocycles. The zero-order valence-electron chi connectivity index (χ0n) is 12.3. The van der Waals surface area contributed by atoms with Gasteiger partial charge in [-0.2, -0.15) is 0 Å². The van der Waals surface area contributed by atoms with E-state index in [2.05, 4.69) is 48.1 Å². The first-order valence-corrected chi connectivity index (χ1v) is 7.45. The van der Waals surface area contributed by atoms with E-state index in [-0.39, 0.29) is 5.54 Å². The molecule has 0 aliphatic rings. The van der Waals surface area contributed by atoms with E-state index < -0.39 is 0 Å². The predicted octanol–water partition coefficient (Wildman–Crippen LogP) is 3.75. The first-order valence-electron chi connectivity index (χ1n) is 6.66. The van der Waals surface area contributed by atoms with E-state index in [1.54, 1.807) is 0 Å². The molecule has 0 fully saturated rings. The lowest BCUT2D eigenvalue weighted by Gasteiger charge is -2.22. The molecule has 0 spiro atoms. The van der Waals surface area contributed by atoms with Gasteiger partial charge in [-0.3, -0.25) is 0 Å². The van der Waals surface area contributed by atoms with Crippen LogP contribution < -0.4 is 10.1 Å². The molecule has 19 heavy (non-hydrogen) atoms. The van der Waals surface area contributed by atoms with Crippen LogP contribution in [0.15, 0.2) is 22.7 Å². The van der Waals surface area contributed by atoms with Gasteiger partial charge in [-0.15, -0.1) is 0 Å². The predicted molar refractivity (Wildman–Crippen MR) is 82.7 cm³/mol. The summed E-state index contributed by atoms with van der Waals surface area (Å²) in [6, 6.07) is 6.08. The number of benzene rings is 1. The van der Waals surface area contributed by atoms with Crippen molar-refractivity contribution in [1.29, 1.82) is 0 Å². The van der Waals surface area contributed by atoms with Crippen molar-refractivity contribution in [2.24, 2.45) is 0 Å². The van der Waals surface area contributed by atoms with Crippen LogP contribution in [0, 0.1) is 0 Å². The molecule has 1 aromatic rings. The standard InChI is InChI=1S/C15H24BrNO2/c1-5-18-8-9-19-14-7-6-13(16)10-12(14)11-17-15(2,3)4/h6-7,10,17H,5,8-9,11H2,1-4H3. The van der Waals surface area contributed by atoms with Crippen LogP contribution in [0.5, 0.6) is 5.75 Å². The van der Waals surface area contributed by atoms with Gasteiger partial charge in [-0.25, -0.2) is 0 Å². The van der Waals surface area contributed by atoms with Gasteiger partial charge in [-0.1, -0.05) is 15.9 Å². The molecule has 1 aromatic carbocycles. The van der Waals surface area contributed by atoms with Gasteiger partial charge in [0.05, 0.1) is 6.61 Å². The highest BCUT2D eigenvalue weighted by Gasteiger charge is 2.11. The van der Waals surface area contributed by atoms with E-state index in [1.807, 2.05) is 19.1 Å². The molecule has 0 amide bonds. The van der Waals surface area contributed by atoms with Gasteiger partial charge in [0.2, 0.25) is 0 Å². The van der Waals surface area contributed by atoms with E-state index >= 15 is 0 Å². The fraction of sp³-hybridized carbons (Fsp3) is 0.600. The number of halogens is 1. The SMILES string of the molecule is CCOCCOc1ccc(Br)cc1CNC(C)(C)C. The zero-order chi connectivity index (χ0) is 14.3. The van der Waals surface area contributed by atoms with Crippen LogP contribution in [0.4, 0.5) is 0 Å². The van der Waals surface area contributed by atoms with Crippen molar-refractivity contribution in [1.82, 2.24) is 5.32 Å². The third kappa shape index (κ3) is 6.95. The second kappa shape index (κ2) is 7.88. The highest BCUT2D eigenvalue weighted by molar-refractivity contribution is 9.10. The molecule has 0 aliphatic carbocycles. The summed E-state index contributed by atoms with van der Waals surface area (Å²) in [5.41, 5.74) is 1.24. The van der Waals surface area contributed by atoms with Crippen molar-refractivity contribution in [2.75, 3.05) is 19.8 Å². The Hall–Kier alpha value is -0.580. The maximum absolute atomic E-state index is 5.77. The maximum Gasteiger partial charge on any atom is 0.123 e. The molecular formula is C15H24BrNO2. The number of nitrogens with one attached hydrogen (secondary N) is 1. The molecular weight excluding hydrogens is 306 g/mol. The third-order valence-corrected chi connectivity index (χ3v) is 3.01. The zero-order valence-corrected chi connectivity index (χ0v) is 13.8. The Labute approximate surface area is 124 Å². The summed E-state index contributed by atoms with van der Waals surface area (Å²) in [5, 5.41) is 3.48. The Balaban J connectivity index is 2.63. The van der Waals surface area contributed by atoms with Gasteiger partial charge in [0.1, 0.15) is 12.4 Å². The Morgan fingerprint density at radius 2 is 1.95 bits per heavy atom. The summed E-state index contributed by atoms with van der Waals surface area (Å²) in [4.78, 5) is 0. The largest absolute Gasteiger partial charge is 0.491 e. The number of hydrogen-bond donors (Lipinski definition) is 1. The Kier molecular flexibility index (Phi) is 6.83. The molecule has 3 nitrogen and oxygen atoms in total. The summed E-state index contributed by atoms with van der Waals surface area (Å²) in [7, 11) is 0. The number of hydrogen-bond acceptors (Lipinski definition) is 3. The van der Waals surface area contributed by atoms with E-state index in [0.717, 1.165) is 28.9 Å². The molecule has 0 heterocycles. The lowest BCUT2D eigenvalue weighted by molar-refractivity contribution is 0.109. The molecule has 0 aromatic heterocycles. The molecule has 0 bridgehead atoms. The highest BCUT2D eigenvalue weighted by atomic mass is 79.9. The summed E-state index contributed by atoms with van der Waals surface area (Å²) in [6.07, 6.45) is 0. The van der Waals surface area contributed by atoms with Crippen LogP contribution >= 0.6 is 15.9 Å². The second-order valence-corrected chi connectivity index (χ2v) is 6.32. The summed E-state index contributed by atoms with van der Waals surface area (Å²) in [5.74, 6) is 0.916. The summed E-state index contributed by atoms with van der Waals surface area (Å²) < 4.78 is 12.1. The topological polar surface area (TPSA) is 30.5 Å². The van der Waals surface area contributed by atoms with E-state index in [0.29, 0.717) is 13.2 Å². The normalized spacial score (nSPS) is 11.6. The molecule has 0 radical (unpaired) electrons. The smallest absolute Gasteiger partial charge is 0.123 e. The molecule has 1 N–H and O–H groups in total. The quantitative estimate of drug-likeness (QED) is 0.773. The Bertz CT molecular complexity index is 388. The van der Waals surface area contributed by atoms with Crippen LogP contribution in [0.1, 0.15) is 33.3 Å². The van der Waals surface area contributed by atoms with Crippen molar-refractivity contribution in [3.05, 3.63) is 28.2 Å². The Morgan fingerprint density at radius 1 is 1.21 bits per heavy atom. The first-order chi connectivity index (χ1) is 8.92. The Morgan fingerprint density at radius 3 is 2.58 bits per heavy atom. The van der Waals surface area contributed by atoms with Gasteiger partial charge in [0.25, 0.3) is 0 Å². The summed E-state index contributed by atoms with van der Waals surface area (Å²) >= 11 is 3.50. The highest BCUT2D eigenvalue weighted by Crippen LogP contribution is 2.23. The fourth-order valence-corrected chi connectivity index (χ4v) is 1.95. The maximum atomic E-state index is 5.77. The lowest BCUT2D eigenvalue weighted by Crippen LogP contribution is -2.35. The second-order valence-electron chi connectivity index (χ2n) is 5.40. The molecule has 1 rings (SSSR count). The molecule has 0 saturated heterocycles. The average molecular weight is 330 g/mol. The van der Waals surface area contributed by atoms with Gasteiger partial charge in [0, 0.05) is 28.7 Å². The lowest BCUT2D eigenvalue weighted by atomic mass is 10.1. The van der Waals surface area contributed by atoms with E-state index in [9.17, 15) is 0 Å². The fourth-order valence-electron chi connectivity index (χ4n) is 1.54. The average Bonchev–Trinajstić information content (AvgIpc) is 2.33. The minimum Gasteiger partial charge on any atom is -0.491 e. The number of ether oxygens (including phenoxy) is 2. The van der Waals surface area contributed by atoms with Crippen LogP contribution in [0.3, 0.4) is 0 Å². The van der Waals surface area contributed by atoms with E-state index in [1.165, 1.54) is 0 Å². The van der Waals surface area contributed by atoms with Gasteiger partial charge in [-0.05, 0) is 45.9 Å².